The summed E-state index contributed by atoms with van der Waals surface area (Å²) >= 11 is 0. The van der Waals surface area contributed by atoms with Crippen LogP contribution >= 0.6 is 0 Å². The van der Waals surface area contributed by atoms with Crippen LogP contribution in [0.2, 0.25) is 0 Å². The summed E-state index contributed by atoms with van der Waals surface area (Å²) in [4.78, 5) is 2.49. The van der Waals surface area contributed by atoms with E-state index in [1.54, 1.807) is 0 Å². The van der Waals surface area contributed by atoms with Crippen molar-refractivity contribution < 1.29 is 45.0 Å². The first kappa shape index (κ1) is 15.2. The predicted octanol–water partition coefficient (Wildman–Crippen LogP) is 3.64. The maximum absolute atomic E-state index is 12.3. The number of nitrogens with zero attached hydrogens (tertiary/aromatic N) is 1. The Morgan fingerprint density at radius 3 is 2.00 bits per heavy atom. The van der Waals surface area contributed by atoms with E-state index >= 15 is 0 Å². The lowest BCUT2D eigenvalue weighted by atomic mass is 10.2. The van der Waals surface area contributed by atoms with Crippen LogP contribution in [0.15, 0.2) is 6.07 Å². The summed E-state index contributed by atoms with van der Waals surface area (Å²) in [7, 11) is 0. The topological polar surface area (TPSA) is 42.4 Å². The summed E-state index contributed by atoms with van der Waals surface area (Å²) in [6.45, 7) is 0. The minimum atomic E-state index is -5.49. The molecule has 19 heavy (non-hydrogen) atoms. The molecule has 0 aliphatic rings. The van der Waals surface area contributed by atoms with Gasteiger partial charge in [-0.25, -0.2) is 13.8 Å². The smallest absolute Gasteiger partial charge is 0.503 e. The SMILES string of the molecule is Oc1c(C(F)(F)F)cc(C(F)F)nc1OC(F)(F)F. The highest BCUT2D eigenvalue weighted by atomic mass is 19.4. The van der Waals surface area contributed by atoms with E-state index in [4.69, 9.17) is 5.11 Å². The molecule has 3 nitrogen and oxygen atoms in total. The van der Waals surface area contributed by atoms with Gasteiger partial charge in [-0.15, -0.1) is 13.2 Å². The molecule has 0 amide bonds. The van der Waals surface area contributed by atoms with Crippen LogP contribution in [0, 0.1) is 0 Å². The van der Waals surface area contributed by atoms with Crippen molar-refractivity contribution in [2.45, 2.75) is 19.0 Å². The van der Waals surface area contributed by atoms with Crippen molar-refractivity contribution in [2.75, 3.05) is 0 Å². The molecule has 0 spiro atoms. The van der Waals surface area contributed by atoms with Crippen LogP contribution < -0.4 is 4.74 Å². The Kier molecular flexibility index (Phi) is 3.77. The van der Waals surface area contributed by atoms with Crippen LogP contribution in [0.1, 0.15) is 17.7 Å². The van der Waals surface area contributed by atoms with Crippen LogP contribution in [0.4, 0.5) is 35.1 Å². The zero-order chi connectivity index (χ0) is 15.0. The van der Waals surface area contributed by atoms with Crippen LogP contribution in [-0.4, -0.2) is 16.5 Å². The second-order valence-electron chi connectivity index (χ2n) is 3.09. The zero-order valence-corrected chi connectivity index (χ0v) is 8.48. The van der Waals surface area contributed by atoms with Gasteiger partial charge < -0.3 is 9.84 Å². The standard InChI is InChI=1S/C8H3F8NO2/c9-5(10)3-1-2(7(11,12)13)4(18)6(17-3)19-8(14,15)16/h1,5,18H. The van der Waals surface area contributed by atoms with Crippen molar-refractivity contribution >= 4 is 0 Å². The monoisotopic (exact) mass is 297 g/mol. The van der Waals surface area contributed by atoms with Crippen molar-refractivity contribution in [1.29, 1.82) is 0 Å². The molecule has 1 N–H and O–H groups in total. The van der Waals surface area contributed by atoms with Gasteiger partial charge in [-0.3, -0.25) is 0 Å². The Hall–Kier alpha value is -1.81. The Balaban J connectivity index is 3.42. The van der Waals surface area contributed by atoms with E-state index in [1.807, 2.05) is 0 Å². The molecule has 0 atom stereocenters. The molecular weight excluding hydrogens is 294 g/mol. The molecule has 0 saturated heterocycles. The zero-order valence-electron chi connectivity index (χ0n) is 8.48. The Labute approximate surface area is 99.0 Å². The summed E-state index contributed by atoms with van der Waals surface area (Å²) in [5, 5.41) is 8.94. The molecule has 11 heteroatoms. The molecule has 0 fully saturated rings. The average Bonchev–Trinajstić information content (AvgIpc) is 2.16. The quantitative estimate of drug-likeness (QED) is 0.847. The van der Waals surface area contributed by atoms with Gasteiger partial charge in [-0.2, -0.15) is 13.2 Å². The van der Waals surface area contributed by atoms with E-state index in [-0.39, 0.29) is 6.07 Å². The van der Waals surface area contributed by atoms with Gasteiger partial charge in [-0.1, -0.05) is 0 Å². The molecule has 0 bridgehead atoms. The highest BCUT2D eigenvalue weighted by Crippen LogP contribution is 2.42. The van der Waals surface area contributed by atoms with Crippen LogP contribution in [0.25, 0.3) is 0 Å². The summed E-state index contributed by atoms with van der Waals surface area (Å²) < 4.78 is 100.0. The number of aromatic nitrogens is 1. The Bertz CT molecular complexity index is 467. The van der Waals surface area contributed by atoms with Crippen LogP contribution in [-0.2, 0) is 6.18 Å². The molecule has 0 aliphatic carbocycles. The predicted molar refractivity (Wildman–Crippen MR) is 42.5 cm³/mol. The van der Waals surface area contributed by atoms with E-state index < -0.39 is 41.9 Å². The van der Waals surface area contributed by atoms with Gasteiger partial charge in [0.1, 0.15) is 11.3 Å². The summed E-state index contributed by atoms with van der Waals surface area (Å²) in [5.74, 6) is -4.01. The molecule has 108 valence electrons. The third kappa shape index (κ3) is 3.83. The van der Waals surface area contributed by atoms with Gasteiger partial charge in [0.15, 0.2) is 5.75 Å². The van der Waals surface area contributed by atoms with Crippen LogP contribution in [0.5, 0.6) is 11.6 Å². The summed E-state index contributed by atoms with van der Waals surface area (Å²) in [6, 6.07) is -0.261. The van der Waals surface area contributed by atoms with Gasteiger partial charge in [0.2, 0.25) is 0 Å². The maximum atomic E-state index is 12.3. The van der Waals surface area contributed by atoms with Crippen molar-refractivity contribution in [1.82, 2.24) is 4.98 Å². The summed E-state index contributed by atoms with van der Waals surface area (Å²) in [5.41, 5.74) is -3.71. The number of hydrogen-bond acceptors (Lipinski definition) is 3. The molecule has 0 unspecified atom stereocenters. The minimum Gasteiger partial charge on any atom is -0.503 e. The molecule has 1 aromatic heterocycles. The second kappa shape index (κ2) is 4.70. The van der Waals surface area contributed by atoms with E-state index in [0.717, 1.165) is 0 Å². The highest BCUT2D eigenvalue weighted by Gasteiger charge is 2.40. The number of halogens is 8. The Morgan fingerprint density at radius 1 is 1.11 bits per heavy atom. The van der Waals surface area contributed by atoms with Crippen molar-refractivity contribution in [2.24, 2.45) is 0 Å². The number of ether oxygens (including phenoxy) is 1. The van der Waals surface area contributed by atoms with Gasteiger partial charge in [0.25, 0.3) is 12.3 Å². The third-order valence-corrected chi connectivity index (χ3v) is 1.72. The number of alkyl halides is 8. The van der Waals surface area contributed by atoms with E-state index in [9.17, 15) is 35.1 Å². The lowest BCUT2D eigenvalue weighted by molar-refractivity contribution is -0.277. The average molecular weight is 297 g/mol. The van der Waals surface area contributed by atoms with Gasteiger partial charge in [0, 0.05) is 0 Å². The molecule has 1 aromatic rings. The van der Waals surface area contributed by atoms with Crippen LogP contribution in [0.3, 0.4) is 0 Å². The number of rotatable bonds is 2. The molecule has 0 radical (unpaired) electrons. The van der Waals surface area contributed by atoms with Gasteiger partial charge >= 0.3 is 12.5 Å². The van der Waals surface area contributed by atoms with E-state index in [0.29, 0.717) is 0 Å². The third-order valence-electron chi connectivity index (χ3n) is 1.72. The van der Waals surface area contributed by atoms with Crippen molar-refractivity contribution in [3.05, 3.63) is 17.3 Å². The molecule has 1 heterocycles. The van der Waals surface area contributed by atoms with E-state index in [1.165, 1.54) is 0 Å². The lowest BCUT2D eigenvalue weighted by Gasteiger charge is -2.15. The molecular formula is C8H3F8NO2. The summed E-state index contributed by atoms with van der Waals surface area (Å²) in [6.07, 6.45) is -14.4. The molecule has 0 aromatic carbocycles. The highest BCUT2D eigenvalue weighted by molar-refractivity contribution is 5.44. The Morgan fingerprint density at radius 2 is 1.63 bits per heavy atom. The van der Waals surface area contributed by atoms with E-state index in [2.05, 4.69) is 9.72 Å². The maximum Gasteiger partial charge on any atom is 0.574 e. The number of pyridine rings is 1. The first-order valence-corrected chi connectivity index (χ1v) is 4.27. The fraction of sp³-hybridized carbons (Fsp3) is 0.375. The largest absolute Gasteiger partial charge is 0.574 e. The first-order chi connectivity index (χ1) is 8.42. The van der Waals surface area contributed by atoms with Gasteiger partial charge in [-0.05, 0) is 6.07 Å². The molecule has 0 aliphatic heterocycles. The second-order valence-corrected chi connectivity index (χ2v) is 3.09. The fourth-order valence-corrected chi connectivity index (χ4v) is 1.04. The number of aromatic hydroxyl groups is 1. The van der Waals surface area contributed by atoms with Crippen molar-refractivity contribution in [3.63, 3.8) is 0 Å². The fourth-order valence-electron chi connectivity index (χ4n) is 1.04. The minimum absolute atomic E-state index is 0.261. The molecule has 1 rings (SSSR count). The normalized spacial score (nSPS) is 12.9. The number of hydrogen-bond donors (Lipinski definition) is 1. The van der Waals surface area contributed by atoms with Crippen molar-refractivity contribution in [3.8, 4) is 11.6 Å². The molecule has 0 saturated carbocycles. The van der Waals surface area contributed by atoms with Gasteiger partial charge in [0.05, 0.1) is 0 Å². The first-order valence-electron chi connectivity index (χ1n) is 4.27. The lowest BCUT2D eigenvalue weighted by Crippen LogP contribution is -2.19.